The van der Waals surface area contributed by atoms with Crippen molar-refractivity contribution in [3.63, 3.8) is 0 Å². The molecule has 21 heavy (non-hydrogen) atoms. The lowest BCUT2D eigenvalue weighted by atomic mass is 10.00. The molecule has 4 heteroatoms. The molecule has 3 unspecified atom stereocenters. The molecule has 0 amide bonds. The Morgan fingerprint density at radius 3 is 3.00 bits per heavy atom. The van der Waals surface area contributed by atoms with E-state index in [1.165, 1.54) is 12.0 Å². The lowest BCUT2D eigenvalue weighted by molar-refractivity contribution is 0.123. The highest BCUT2D eigenvalue weighted by atomic mass is 16.3. The maximum Gasteiger partial charge on any atom is 0.0767 e. The van der Waals surface area contributed by atoms with E-state index in [0.29, 0.717) is 11.8 Å². The number of hydrogen-bond acceptors (Lipinski definition) is 4. The fourth-order valence-corrected chi connectivity index (χ4v) is 4.08. The maximum absolute atomic E-state index is 10.0. The molecule has 0 bridgehead atoms. The molecule has 2 aromatic rings. The molecule has 0 spiro atoms. The Hall–Kier alpha value is -1.65. The lowest BCUT2D eigenvalue weighted by Crippen LogP contribution is -2.24. The van der Waals surface area contributed by atoms with Gasteiger partial charge in [-0.3, -0.25) is 9.88 Å². The third kappa shape index (κ3) is 2.19. The van der Waals surface area contributed by atoms with Crippen LogP contribution >= 0.6 is 0 Å². The predicted octanol–water partition coefficient (Wildman–Crippen LogP) is 2.02. The van der Waals surface area contributed by atoms with Crippen molar-refractivity contribution in [3.8, 4) is 0 Å². The van der Waals surface area contributed by atoms with Crippen LogP contribution in [0.25, 0.3) is 10.9 Å². The molecule has 110 valence electrons. The molecular formula is C17H21N3O. The zero-order valence-electron chi connectivity index (χ0n) is 12.1. The molecule has 2 fully saturated rings. The highest BCUT2D eigenvalue weighted by molar-refractivity contribution is 5.92. The highest BCUT2D eigenvalue weighted by Gasteiger charge is 2.41. The van der Waals surface area contributed by atoms with E-state index in [4.69, 9.17) is 5.73 Å². The summed E-state index contributed by atoms with van der Waals surface area (Å²) in [6.07, 6.45) is 3.88. The number of aliphatic hydroxyl groups is 1. The summed E-state index contributed by atoms with van der Waals surface area (Å²) in [4.78, 5) is 6.97. The molecule has 3 atom stereocenters. The molecule has 1 saturated carbocycles. The molecule has 2 aliphatic rings. The van der Waals surface area contributed by atoms with Crippen molar-refractivity contribution in [2.75, 3.05) is 18.8 Å². The normalized spacial score (nSPS) is 29.1. The number of anilines is 1. The summed E-state index contributed by atoms with van der Waals surface area (Å²) in [5.74, 6) is 1.14. The van der Waals surface area contributed by atoms with Crippen LogP contribution in [0.5, 0.6) is 0 Å². The Morgan fingerprint density at radius 1 is 1.24 bits per heavy atom. The maximum atomic E-state index is 10.0. The number of likely N-dealkylation sites (tertiary alicyclic amines) is 1. The van der Waals surface area contributed by atoms with Crippen LogP contribution in [-0.2, 0) is 6.54 Å². The molecule has 4 rings (SSSR count). The number of hydrogen-bond donors (Lipinski definition) is 2. The third-order valence-corrected chi connectivity index (χ3v) is 5.18. The summed E-state index contributed by atoms with van der Waals surface area (Å²) in [5, 5.41) is 11.1. The zero-order valence-corrected chi connectivity index (χ0v) is 12.1. The van der Waals surface area contributed by atoms with E-state index in [9.17, 15) is 5.11 Å². The minimum atomic E-state index is -0.0960. The van der Waals surface area contributed by atoms with Crippen LogP contribution in [0.2, 0.25) is 0 Å². The van der Waals surface area contributed by atoms with Crippen LogP contribution in [-0.4, -0.2) is 34.2 Å². The van der Waals surface area contributed by atoms with E-state index in [0.717, 1.165) is 42.6 Å². The second-order valence-corrected chi connectivity index (χ2v) is 6.48. The highest BCUT2D eigenvalue weighted by Crippen LogP contribution is 2.38. The van der Waals surface area contributed by atoms with E-state index >= 15 is 0 Å². The van der Waals surface area contributed by atoms with Gasteiger partial charge < -0.3 is 10.8 Å². The summed E-state index contributed by atoms with van der Waals surface area (Å²) in [6, 6.07) is 8.03. The van der Waals surface area contributed by atoms with Gasteiger partial charge in [0.15, 0.2) is 0 Å². The van der Waals surface area contributed by atoms with Gasteiger partial charge in [-0.1, -0.05) is 6.07 Å². The Bertz CT molecular complexity index is 672. The van der Waals surface area contributed by atoms with E-state index in [-0.39, 0.29) is 6.10 Å². The van der Waals surface area contributed by atoms with Gasteiger partial charge in [0.1, 0.15) is 0 Å². The van der Waals surface area contributed by atoms with E-state index in [1.54, 1.807) is 0 Å². The SMILES string of the molecule is Nc1ccc(CN2CC3CCC(O)C3C2)c2ncccc12. The number of rotatable bonds is 2. The van der Waals surface area contributed by atoms with Crippen molar-refractivity contribution in [1.29, 1.82) is 0 Å². The fraction of sp³-hybridized carbons (Fsp3) is 0.471. The molecular weight excluding hydrogens is 262 g/mol. The van der Waals surface area contributed by atoms with Crippen molar-refractivity contribution >= 4 is 16.6 Å². The molecule has 0 radical (unpaired) electrons. The summed E-state index contributed by atoms with van der Waals surface area (Å²) >= 11 is 0. The number of nitrogens with two attached hydrogens (primary N) is 1. The smallest absolute Gasteiger partial charge is 0.0767 e. The fourth-order valence-electron chi connectivity index (χ4n) is 4.08. The minimum absolute atomic E-state index is 0.0960. The first-order valence-electron chi connectivity index (χ1n) is 7.75. The molecule has 1 aliphatic heterocycles. The number of pyridine rings is 1. The van der Waals surface area contributed by atoms with Crippen LogP contribution in [0.15, 0.2) is 30.5 Å². The molecule has 1 aromatic heterocycles. The van der Waals surface area contributed by atoms with Crippen molar-refractivity contribution in [1.82, 2.24) is 9.88 Å². The molecule has 3 N–H and O–H groups in total. The summed E-state index contributed by atoms with van der Waals surface area (Å²) in [5.41, 5.74) is 9.07. The Labute approximate surface area is 124 Å². The first kappa shape index (κ1) is 13.0. The summed E-state index contributed by atoms with van der Waals surface area (Å²) in [6.45, 7) is 3.00. The molecule has 1 aromatic carbocycles. The van der Waals surface area contributed by atoms with Crippen molar-refractivity contribution < 1.29 is 5.11 Å². The molecule has 4 nitrogen and oxygen atoms in total. The van der Waals surface area contributed by atoms with Crippen molar-refractivity contribution in [2.45, 2.75) is 25.5 Å². The quantitative estimate of drug-likeness (QED) is 0.828. The van der Waals surface area contributed by atoms with E-state index in [2.05, 4.69) is 16.0 Å². The molecule has 2 heterocycles. The zero-order chi connectivity index (χ0) is 14.4. The Kier molecular flexibility index (Phi) is 3.08. The van der Waals surface area contributed by atoms with Crippen molar-refractivity contribution in [2.24, 2.45) is 11.8 Å². The van der Waals surface area contributed by atoms with Crippen LogP contribution in [0.1, 0.15) is 18.4 Å². The Balaban J connectivity index is 1.60. The van der Waals surface area contributed by atoms with E-state index in [1.807, 2.05) is 24.4 Å². The average Bonchev–Trinajstić information content (AvgIpc) is 3.05. The summed E-state index contributed by atoms with van der Waals surface area (Å²) in [7, 11) is 0. The van der Waals surface area contributed by atoms with Crippen LogP contribution in [0, 0.1) is 11.8 Å². The van der Waals surface area contributed by atoms with Gasteiger partial charge in [-0.2, -0.15) is 0 Å². The van der Waals surface area contributed by atoms with Gasteiger partial charge in [-0.05, 0) is 42.5 Å². The average molecular weight is 283 g/mol. The largest absolute Gasteiger partial charge is 0.398 e. The molecule has 1 saturated heterocycles. The van der Waals surface area contributed by atoms with Crippen LogP contribution in [0.3, 0.4) is 0 Å². The van der Waals surface area contributed by atoms with Gasteiger partial charge in [-0.15, -0.1) is 0 Å². The number of fused-ring (bicyclic) bond motifs is 2. The standard InChI is InChI=1S/C17H21N3O/c18-15-5-3-12(17-13(15)2-1-7-19-17)9-20-8-11-4-6-16(21)14(11)10-20/h1-3,5,7,11,14,16,21H,4,6,8-10,18H2. The first-order valence-corrected chi connectivity index (χ1v) is 7.75. The number of aromatic nitrogens is 1. The lowest BCUT2D eigenvalue weighted by Gasteiger charge is -2.19. The second kappa shape index (κ2) is 4.97. The monoisotopic (exact) mass is 283 g/mol. The number of nitrogen functional groups attached to an aromatic ring is 1. The van der Waals surface area contributed by atoms with E-state index < -0.39 is 0 Å². The summed E-state index contributed by atoms with van der Waals surface area (Å²) < 4.78 is 0. The predicted molar refractivity (Wildman–Crippen MR) is 83.7 cm³/mol. The van der Waals surface area contributed by atoms with Crippen molar-refractivity contribution in [3.05, 3.63) is 36.0 Å². The van der Waals surface area contributed by atoms with Gasteiger partial charge in [0.25, 0.3) is 0 Å². The Morgan fingerprint density at radius 2 is 2.14 bits per heavy atom. The third-order valence-electron chi connectivity index (χ3n) is 5.18. The number of benzene rings is 1. The van der Waals surface area contributed by atoms with Gasteiger partial charge in [0.2, 0.25) is 0 Å². The van der Waals surface area contributed by atoms with Gasteiger partial charge in [-0.25, -0.2) is 0 Å². The van der Waals surface area contributed by atoms with Crippen LogP contribution < -0.4 is 5.73 Å². The van der Waals surface area contributed by atoms with Gasteiger partial charge >= 0.3 is 0 Å². The van der Waals surface area contributed by atoms with Crippen LogP contribution in [0.4, 0.5) is 5.69 Å². The number of aliphatic hydroxyl groups excluding tert-OH is 1. The second-order valence-electron chi connectivity index (χ2n) is 6.48. The minimum Gasteiger partial charge on any atom is -0.398 e. The number of nitrogens with zero attached hydrogens (tertiary/aromatic N) is 2. The van der Waals surface area contributed by atoms with Gasteiger partial charge in [0.05, 0.1) is 11.6 Å². The first-order chi connectivity index (χ1) is 10.2. The molecule has 1 aliphatic carbocycles. The topological polar surface area (TPSA) is 62.4 Å². The van der Waals surface area contributed by atoms with Gasteiger partial charge in [0, 0.05) is 42.8 Å².